The van der Waals surface area contributed by atoms with Crippen molar-refractivity contribution in [1.29, 1.82) is 0 Å². The van der Waals surface area contributed by atoms with Gasteiger partial charge in [0.05, 0.1) is 31.2 Å². The van der Waals surface area contributed by atoms with Crippen LogP contribution in [0.1, 0.15) is 35.3 Å². The number of hydrogen-bond donors (Lipinski definition) is 2. The second-order valence-corrected chi connectivity index (χ2v) is 8.28. The van der Waals surface area contributed by atoms with E-state index in [1.165, 1.54) is 13.2 Å². The molecule has 2 aromatic rings. The van der Waals surface area contributed by atoms with Gasteiger partial charge in [0, 0.05) is 17.2 Å². The van der Waals surface area contributed by atoms with E-state index in [-0.39, 0.29) is 22.8 Å². The molecule has 7 heteroatoms. The second kappa shape index (κ2) is 8.00. The highest BCUT2D eigenvalue weighted by atomic mass is 16.5. The summed E-state index contributed by atoms with van der Waals surface area (Å²) in [7, 11) is 3.09. The fourth-order valence-electron chi connectivity index (χ4n) is 3.97. The Labute approximate surface area is 186 Å². The molecule has 0 unspecified atom stereocenters. The van der Waals surface area contributed by atoms with Crippen LogP contribution >= 0.6 is 0 Å². The lowest BCUT2D eigenvalue weighted by Gasteiger charge is -2.30. The topological polar surface area (TPSA) is 97.2 Å². The van der Waals surface area contributed by atoms with Gasteiger partial charge in [-0.25, -0.2) is 0 Å². The van der Waals surface area contributed by atoms with Gasteiger partial charge in [-0.2, -0.15) is 0 Å². The van der Waals surface area contributed by atoms with Crippen molar-refractivity contribution in [1.82, 2.24) is 5.32 Å². The van der Waals surface area contributed by atoms with Gasteiger partial charge in [-0.3, -0.25) is 14.6 Å². The quantitative estimate of drug-likeness (QED) is 0.556. The molecule has 0 bridgehead atoms. The Bertz CT molecular complexity index is 1210. The number of nitrogens with zero attached hydrogens (tertiary/aromatic N) is 1. The number of aliphatic hydroxyl groups is 1. The van der Waals surface area contributed by atoms with E-state index in [1.807, 2.05) is 19.9 Å². The van der Waals surface area contributed by atoms with Gasteiger partial charge in [-0.05, 0) is 38.0 Å². The molecule has 32 heavy (non-hydrogen) atoms. The minimum atomic E-state index is -0.521. The number of aliphatic imine (C=N–C) groups is 1. The molecule has 0 saturated carbocycles. The third kappa shape index (κ3) is 3.77. The summed E-state index contributed by atoms with van der Waals surface area (Å²) in [5, 5.41) is 13.5. The zero-order valence-electron chi connectivity index (χ0n) is 18.4. The molecule has 2 N–H and O–H groups in total. The van der Waals surface area contributed by atoms with E-state index in [9.17, 15) is 14.7 Å². The number of ether oxygens (including phenoxy) is 2. The average Bonchev–Trinajstić information content (AvgIpc) is 3.04. The summed E-state index contributed by atoms with van der Waals surface area (Å²) >= 11 is 0. The number of carbonyl (C=O) groups excluding carboxylic acids is 2. The van der Waals surface area contributed by atoms with Gasteiger partial charge >= 0.3 is 0 Å². The first-order chi connectivity index (χ1) is 15.2. The summed E-state index contributed by atoms with van der Waals surface area (Å²) in [5.74, 6) is -0.0896. The molecule has 0 fully saturated rings. The Morgan fingerprint density at radius 2 is 1.78 bits per heavy atom. The van der Waals surface area contributed by atoms with E-state index in [4.69, 9.17) is 14.5 Å². The van der Waals surface area contributed by atoms with Gasteiger partial charge in [-0.15, -0.1) is 0 Å². The van der Waals surface area contributed by atoms with Crippen LogP contribution in [0.15, 0.2) is 70.6 Å². The van der Waals surface area contributed by atoms with Crippen LogP contribution in [0.2, 0.25) is 0 Å². The van der Waals surface area contributed by atoms with Crippen LogP contribution in [-0.4, -0.2) is 42.3 Å². The molecule has 2 aliphatic rings. The van der Waals surface area contributed by atoms with Crippen molar-refractivity contribution in [2.24, 2.45) is 4.99 Å². The van der Waals surface area contributed by atoms with Crippen LogP contribution in [0.3, 0.4) is 0 Å². The van der Waals surface area contributed by atoms with E-state index in [0.717, 1.165) is 5.56 Å². The number of nitrogens with one attached hydrogen (secondary N) is 1. The number of benzene rings is 2. The fraction of sp³-hybridized carbons (Fsp3) is 0.240. The Morgan fingerprint density at radius 3 is 2.44 bits per heavy atom. The van der Waals surface area contributed by atoms with Crippen LogP contribution in [-0.2, 0) is 11.2 Å². The average molecular weight is 432 g/mol. The Morgan fingerprint density at radius 1 is 1.12 bits per heavy atom. The molecular formula is C25H24N2O5. The first kappa shape index (κ1) is 21.4. The van der Waals surface area contributed by atoms with Crippen molar-refractivity contribution in [3.63, 3.8) is 0 Å². The molecule has 164 valence electrons. The SMILES string of the molecule is COc1cc2c(cc1OC)C(C1=C(O)/C(=C/C(=O)c3ccccc3)NC1=O)=NC(C)(C)C2. The highest BCUT2D eigenvalue weighted by Crippen LogP contribution is 2.38. The molecule has 0 spiro atoms. The van der Waals surface area contributed by atoms with Gasteiger partial charge in [-0.1, -0.05) is 30.3 Å². The lowest BCUT2D eigenvalue weighted by Crippen LogP contribution is -2.32. The lowest BCUT2D eigenvalue weighted by atomic mass is 9.84. The molecule has 0 aromatic heterocycles. The van der Waals surface area contributed by atoms with Crippen LogP contribution in [0.4, 0.5) is 0 Å². The van der Waals surface area contributed by atoms with E-state index in [2.05, 4.69) is 5.32 Å². The van der Waals surface area contributed by atoms with Crippen LogP contribution in [0.5, 0.6) is 11.5 Å². The maximum absolute atomic E-state index is 12.9. The van der Waals surface area contributed by atoms with Crippen LogP contribution in [0, 0.1) is 0 Å². The first-order valence-electron chi connectivity index (χ1n) is 10.2. The second-order valence-electron chi connectivity index (χ2n) is 8.28. The number of rotatable bonds is 5. The molecule has 0 radical (unpaired) electrons. The number of ketones is 1. The number of amides is 1. The Balaban J connectivity index is 1.83. The predicted octanol–water partition coefficient (Wildman–Crippen LogP) is 3.54. The van der Waals surface area contributed by atoms with Crippen molar-refractivity contribution in [2.75, 3.05) is 14.2 Å². The van der Waals surface area contributed by atoms with Crippen molar-refractivity contribution in [2.45, 2.75) is 25.8 Å². The van der Waals surface area contributed by atoms with E-state index in [1.54, 1.807) is 43.5 Å². The Kier molecular flexibility index (Phi) is 5.34. The van der Waals surface area contributed by atoms with Gasteiger partial charge in [0.2, 0.25) is 0 Å². The maximum atomic E-state index is 12.9. The summed E-state index contributed by atoms with van der Waals surface area (Å²) in [6.45, 7) is 3.90. The van der Waals surface area contributed by atoms with Crippen LogP contribution in [0.25, 0.3) is 0 Å². The number of hydrogen-bond acceptors (Lipinski definition) is 6. The standard InChI is InChI=1S/C25H24N2O5/c1-25(2)13-15-10-19(31-3)20(32-4)11-16(15)22(27-25)21-23(29)17(26-24(21)30)12-18(28)14-8-6-5-7-9-14/h5-12,29H,13H2,1-4H3,(H,26,30)/b17-12-. The third-order valence-corrected chi connectivity index (χ3v) is 5.44. The molecule has 2 aromatic carbocycles. The zero-order valence-corrected chi connectivity index (χ0v) is 18.4. The summed E-state index contributed by atoms with van der Waals surface area (Å²) in [5.41, 5.74) is 1.96. The number of allylic oxidation sites excluding steroid dienone is 1. The fourth-order valence-corrected chi connectivity index (χ4v) is 3.97. The molecule has 0 aliphatic carbocycles. The highest BCUT2D eigenvalue weighted by Gasteiger charge is 2.37. The summed E-state index contributed by atoms with van der Waals surface area (Å²) < 4.78 is 10.9. The minimum absolute atomic E-state index is 0.0263. The van der Waals surface area contributed by atoms with Crippen molar-refractivity contribution >= 4 is 17.4 Å². The molecule has 0 atom stereocenters. The van der Waals surface area contributed by atoms with Gasteiger partial charge in [0.25, 0.3) is 5.91 Å². The molecule has 0 saturated heterocycles. The number of fused-ring (bicyclic) bond motifs is 1. The molecule has 2 aliphatic heterocycles. The number of carbonyl (C=O) groups is 2. The van der Waals surface area contributed by atoms with E-state index in [0.29, 0.717) is 34.8 Å². The largest absolute Gasteiger partial charge is 0.505 e. The van der Waals surface area contributed by atoms with Crippen LogP contribution < -0.4 is 14.8 Å². The zero-order chi connectivity index (χ0) is 23.0. The maximum Gasteiger partial charge on any atom is 0.261 e. The van der Waals surface area contributed by atoms with Crippen molar-refractivity contribution in [3.8, 4) is 11.5 Å². The van der Waals surface area contributed by atoms with E-state index >= 15 is 0 Å². The molecule has 1 amide bonds. The summed E-state index contributed by atoms with van der Waals surface area (Å²) in [4.78, 5) is 30.2. The Hall–Kier alpha value is -3.87. The minimum Gasteiger partial charge on any atom is -0.505 e. The van der Waals surface area contributed by atoms with Gasteiger partial charge < -0.3 is 19.9 Å². The molecule has 7 nitrogen and oxygen atoms in total. The number of aliphatic hydroxyl groups excluding tert-OH is 1. The predicted molar refractivity (Wildman–Crippen MR) is 121 cm³/mol. The summed E-state index contributed by atoms with van der Waals surface area (Å²) in [6, 6.07) is 12.3. The van der Waals surface area contributed by atoms with Gasteiger partial charge in [0.1, 0.15) is 5.57 Å². The summed E-state index contributed by atoms with van der Waals surface area (Å²) in [6.07, 6.45) is 1.84. The first-order valence-corrected chi connectivity index (χ1v) is 10.2. The molecular weight excluding hydrogens is 408 g/mol. The van der Waals surface area contributed by atoms with Gasteiger partial charge in [0.15, 0.2) is 23.0 Å². The third-order valence-electron chi connectivity index (χ3n) is 5.44. The monoisotopic (exact) mass is 432 g/mol. The molecule has 2 heterocycles. The normalized spacial score (nSPS) is 18.2. The van der Waals surface area contributed by atoms with Crippen molar-refractivity contribution in [3.05, 3.63) is 82.3 Å². The smallest absolute Gasteiger partial charge is 0.261 e. The van der Waals surface area contributed by atoms with Crippen molar-refractivity contribution < 1.29 is 24.2 Å². The highest BCUT2D eigenvalue weighted by molar-refractivity contribution is 6.31. The van der Waals surface area contributed by atoms with E-state index < -0.39 is 11.4 Å². The number of methoxy groups -OCH3 is 2. The lowest BCUT2D eigenvalue weighted by molar-refractivity contribution is -0.115. The molecule has 4 rings (SSSR count).